The summed E-state index contributed by atoms with van der Waals surface area (Å²) >= 11 is 5.76. The maximum absolute atomic E-state index is 12.3. The van der Waals surface area contributed by atoms with Crippen LogP contribution in [0.4, 0.5) is 0 Å². The molecule has 1 saturated heterocycles. The van der Waals surface area contributed by atoms with Gasteiger partial charge >= 0.3 is 0 Å². The molecule has 0 aliphatic carbocycles. The Morgan fingerprint density at radius 1 is 1.13 bits per heavy atom. The minimum atomic E-state index is -3.85. The number of amides is 1. The van der Waals surface area contributed by atoms with Crippen LogP contribution in [0.5, 0.6) is 0 Å². The minimum absolute atomic E-state index is 0.00580. The second-order valence-electron chi connectivity index (χ2n) is 6.84. The summed E-state index contributed by atoms with van der Waals surface area (Å²) in [6.45, 7) is -0.000643. The zero-order valence-corrected chi connectivity index (χ0v) is 17.4. The van der Waals surface area contributed by atoms with E-state index in [4.69, 9.17) is 16.3 Å². The van der Waals surface area contributed by atoms with Gasteiger partial charge in [0.05, 0.1) is 17.4 Å². The third kappa shape index (κ3) is 5.75. The number of hydrogen-bond donors (Lipinski definition) is 4. The van der Waals surface area contributed by atoms with Gasteiger partial charge in [-0.15, -0.1) is 0 Å². The predicted molar refractivity (Wildman–Crippen MR) is 108 cm³/mol. The van der Waals surface area contributed by atoms with Crippen LogP contribution < -0.4 is 10.0 Å². The number of aromatic nitrogens is 1. The fraction of sp³-hybridized carbons (Fsp3) is 0.368. The molecule has 4 N–H and O–H groups in total. The van der Waals surface area contributed by atoms with Crippen LogP contribution >= 0.6 is 11.6 Å². The van der Waals surface area contributed by atoms with E-state index in [0.29, 0.717) is 5.02 Å². The van der Waals surface area contributed by atoms with Crippen molar-refractivity contribution in [2.75, 3.05) is 6.54 Å². The van der Waals surface area contributed by atoms with Gasteiger partial charge in [-0.2, -0.15) is 0 Å². The van der Waals surface area contributed by atoms with Crippen molar-refractivity contribution in [1.29, 1.82) is 0 Å². The van der Waals surface area contributed by atoms with Gasteiger partial charge in [-0.1, -0.05) is 17.7 Å². The van der Waals surface area contributed by atoms with Crippen molar-refractivity contribution >= 4 is 27.5 Å². The Labute approximate surface area is 179 Å². The number of rotatable bonds is 8. The molecule has 3 rings (SSSR count). The monoisotopic (exact) mass is 455 g/mol. The number of aliphatic hydroxyl groups is 2. The van der Waals surface area contributed by atoms with E-state index < -0.39 is 34.4 Å². The Morgan fingerprint density at radius 3 is 2.50 bits per heavy atom. The number of pyridine rings is 1. The highest BCUT2D eigenvalue weighted by Crippen LogP contribution is 2.24. The van der Waals surface area contributed by atoms with Crippen molar-refractivity contribution in [3.63, 3.8) is 0 Å². The molecule has 2 aromatic rings. The van der Waals surface area contributed by atoms with Crippen molar-refractivity contribution in [1.82, 2.24) is 15.0 Å². The van der Waals surface area contributed by atoms with Gasteiger partial charge in [0.25, 0.3) is 0 Å². The van der Waals surface area contributed by atoms with E-state index in [9.17, 15) is 23.4 Å². The Kier molecular flexibility index (Phi) is 7.40. The zero-order chi connectivity index (χ0) is 21.7. The highest BCUT2D eigenvalue weighted by molar-refractivity contribution is 7.89. The van der Waals surface area contributed by atoms with Crippen molar-refractivity contribution in [3.05, 3.63) is 59.4 Å². The maximum Gasteiger partial charge on any atom is 0.240 e. The molecule has 0 spiro atoms. The van der Waals surface area contributed by atoms with Gasteiger partial charge in [0.1, 0.15) is 18.3 Å². The lowest BCUT2D eigenvalue weighted by Crippen LogP contribution is -2.40. The van der Waals surface area contributed by atoms with E-state index in [0.717, 1.165) is 5.56 Å². The summed E-state index contributed by atoms with van der Waals surface area (Å²) in [5.74, 6) is -0.377. The molecule has 1 aromatic carbocycles. The van der Waals surface area contributed by atoms with Crippen LogP contribution in [-0.2, 0) is 26.1 Å². The Balaban J connectivity index is 1.51. The first-order valence-electron chi connectivity index (χ1n) is 9.18. The molecule has 30 heavy (non-hydrogen) atoms. The molecule has 0 saturated carbocycles. The molecule has 11 heteroatoms. The lowest BCUT2D eigenvalue weighted by Gasteiger charge is -2.15. The molecule has 1 aliphatic heterocycles. The summed E-state index contributed by atoms with van der Waals surface area (Å²) in [7, 11) is -3.85. The summed E-state index contributed by atoms with van der Waals surface area (Å²) < 4.78 is 32.6. The predicted octanol–water partition coefficient (Wildman–Crippen LogP) is 0.209. The van der Waals surface area contributed by atoms with Crippen LogP contribution in [0.3, 0.4) is 0 Å². The average Bonchev–Trinajstić information content (AvgIpc) is 3.00. The van der Waals surface area contributed by atoms with E-state index in [1.807, 2.05) is 0 Å². The van der Waals surface area contributed by atoms with Crippen molar-refractivity contribution in [2.24, 2.45) is 0 Å². The molecule has 4 atom stereocenters. The maximum atomic E-state index is 12.3. The summed E-state index contributed by atoms with van der Waals surface area (Å²) in [5.41, 5.74) is 0.813. The largest absolute Gasteiger partial charge is 0.388 e. The van der Waals surface area contributed by atoms with Crippen molar-refractivity contribution in [2.45, 2.75) is 42.3 Å². The lowest BCUT2D eigenvalue weighted by molar-refractivity contribution is -0.125. The quantitative estimate of drug-likeness (QED) is 0.446. The summed E-state index contributed by atoms with van der Waals surface area (Å²) in [5, 5.41) is 23.5. The first kappa shape index (κ1) is 22.6. The summed E-state index contributed by atoms with van der Waals surface area (Å²) in [6.07, 6.45) is -1.56. The van der Waals surface area contributed by atoms with Crippen LogP contribution in [0.25, 0.3) is 0 Å². The Bertz CT molecular complexity index is 958. The van der Waals surface area contributed by atoms with Crippen LogP contribution in [-0.4, -0.2) is 60.5 Å². The molecule has 162 valence electrons. The standard InChI is InChI=1S/C19H22ClN3O6S/c20-13-3-5-14(6-4-13)30(27,28)23-11-16-19(26)18(25)15(29-16)8-17(24)22-10-12-2-1-7-21-9-12/h1-7,9,15-16,18-19,23,25-26H,8,10-11H2,(H,22,24)/t15-,16-,18+,19-/m1/s1. The van der Waals surface area contributed by atoms with Gasteiger partial charge in [0, 0.05) is 30.5 Å². The normalized spacial score (nSPS) is 24.0. The first-order chi connectivity index (χ1) is 14.3. The number of benzene rings is 1. The number of hydrogen-bond acceptors (Lipinski definition) is 7. The number of nitrogens with one attached hydrogen (secondary N) is 2. The van der Waals surface area contributed by atoms with Crippen molar-refractivity contribution in [3.8, 4) is 0 Å². The van der Waals surface area contributed by atoms with Crippen LogP contribution in [0.1, 0.15) is 12.0 Å². The van der Waals surface area contributed by atoms with Gasteiger partial charge in [0.2, 0.25) is 15.9 Å². The topological polar surface area (TPSA) is 138 Å². The third-order valence-electron chi connectivity index (χ3n) is 4.66. The highest BCUT2D eigenvalue weighted by atomic mass is 35.5. The molecule has 1 aliphatic rings. The molecule has 0 unspecified atom stereocenters. The zero-order valence-electron chi connectivity index (χ0n) is 15.8. The van der Waals surface area contributed by atoms with Gasteiger partial charge in [-0.25, -0.2) is 13.1 Å². The molecule has 1 aromatic heterocycles. The number of ether oxygens (including phenoxy) is 1. The third-order valence-corrected chi connectivity index (χ3v) is 6.35. The molecule has 9 nitrogen and oxygen atoms in total. The Hall–Kier alpha value is -2.08. The second kappa shape index (κ2) is 9.82. The molecular weight excluding hydrogens is 434 g/mol. The van der Waals surface area contributed by atoms with E-state index in [1.54, 1.807) is 24.5 Å². The highest BCUT2D eigenvalue weighted by Gasteiger charge is 2.43. The van der Waals surface area contributed by atoms with Gasteiger partial charge in [-0.05, 0) is 35.9 Å². The Morgan fingerprint density at radius 2 is 1.83 bits per heavy atom. The molecule has 0 radical (unpaired) electrons. The van der Waals surface area contributed by atoms with Crippen LogP contribution in [0, 0.1) is 0 Å². The van der Waals surface area contributed by atoms with Crippen LogP contribution in [0.15, 0.2) is 53.7 Å². The fourth-order valence-corrected chi connectivity index (χ4v) is 4.18. The summed E-state index contributed by atoms with van der Waals surface area (Å²) in [6, 6.07) is 9.14. The van der Waals surface area contributed by atoms with Gasteiger partial charge < -0.3 is 20.3 Å². The van der Waals surface area contributed by atoms with E-state index >= 15 is 0 Å². The number of nitrogens with zero attached hydrogens (tertiary/aromatic N) is 1. The molecule has 0 bridgehead atoms. The number of carbonyl (C=O) groups is 1. The first-order valence-corrected chi connectivity index (χ1v) is 11.0. The number of carbonyl (C=O) groups excluding carboxylic acids is 1. The van der Waals surface area contributed by atoms with Gasteiger partial charge in [-0.3, -0.25) is 9.78 Å². The van der Waals surface area contributed by atoms with Crippen LogP contribution in [0.2, 0.25) is 5.02 Å². The minimum Gasteiger partial charge on any atom is -0.388 e. The summed E-state index contributed by atoms with van der Waals surface area (Å²) in [4.78, 5) is 16.1. The van der Waals surface area contributed by atoms with Crippen molar-refractivity contribution < 1.29 is 28.2 Å². The second-order valence-corrected chi connectivity index (χ2v) is 9.05. The molecule has 2 heterocycles. The fourth-order valence-electron chi connectivity index (χ4n) is 3.01. The molecule has 1 fully saturated rings. The molecule has 1 amide bonds. The number of aliphatic hydroxyl groups excluding tert-OH is 2. The lowest BCUT2D eigenvalue weighted by atomic mass is 10.1. The smallest absolute Gasteiger partial charge is 0.240 e. The van der Waals surface area contributed by atoms with E-state index in [1.165, 1.54) is 24.3 Å². The number of sulfonamides is 1. The number of halogens is 1. The molecular formula is C19H22ClN3O6S. The SMILES string of the molecule is O=C(C[C@H]1O[C@H](CNS(=O)(=O)c2ccc(Cl)cc2)[C@@H](O)[C@H]1O)NCc1cccnc1. The van der Waals surface area contributed by atoms with E-state index in [-0.39, 0.29) is 30.3 Å². The average molecular weight is 456 g/mol. The van der Waals surface area contributed by atoms with Gasteiger partial charge in [0.15, 0.2) is 0 Å². The van der Waals surface area contributed by atoms with E-state index in [2.05, 4.69) is 15.0 Å².